The predicted molar refractivity (Wildman–Crippen MR) is 128 cm³/mol. The molecule has 3 aliphatic heterocycles. The molecule has 1 N–H and O–H groups in total. The number of piperidine rings is 1. The van der Waals surface area contributed by atoms with E-state index in [4.69, 9.17) is 4.74 Å². The quantitative estimate of drug-likeness (QED) is 0.639. The minimum atomic E-state index is -0.703. The Labute approximate surface area is 203 Å². The number of piperazine rings is 1. The second-order valence-corrected chi connectivity index (χ2v) is 9.20. The van der Waals surface area contributed by atoms with Crippen molar-refractivity contribution in [1.29, 1.82) is 0 Å². The average Bonchev–Trinajstić information content (AvgIpc) is 3.16. The van der Waals surface area contributed by atoms with Crippen molar-refractivity contribution in [2.45, 2.75) is 38.9 Å². The molecule has 9 heteroatoms. The van der Waals surface area contributed by atoms with Gasteiger partial charge in [0.25, 0.3) is 5.91 Å². The van der Waals surface area contributed by atoms with Crippen molar-refractivity contribution in [3.8, 4) is 5.75 Å². The van der Waals surface area contributed by atoms with Crippen LogP contribution in [0.25, 0.3) is 0 Å². The van der Waals surface area contributed by atoms with Crippen LogP contribution in [0.3, 0.4) is 0 Å². The number of halogens is 1. The Balaban J connectivity index is 1.23. The van der Waals surface area contributed by atoms with Gasteiger partial charge in [0.15, 0.2) is 0 Å². The molecule has 3 aliphatic rings. The minimum absolute atomic E-state index is 0.192. The highest BCUT2D eigenvalue weighted by molar-refractivity contribution is 6.05. The Hall–Kier alpha value is -3.46. The lowest BCUT2D eigenvalue weighted by Crippen LogP contribution is -2.52. The van der Waals surface area contributed by atoms with Crippen LogP contribution in [0.15, 0.2) is 36.4 Å². The molecule has 5 rings (SSSR count). The van der Waals surface area contributed by atoms with Gasteiger partial charge in [0.2, 0.25) is 11.8 Å². The third kappa shape index (κ3) is 4.73. The Bertz CT molecular complexity index is 1140. The van der Waals surface area contributed by atoms with Crippen molar-refractivity contribution in [3.05, 3.63) is 58.9 Å². The zero-order chi connectivity index (χ0) is 24.5. The summed E-state index contributed by atoms with van der Waals surface area (Å²) in [6.07, 6.45) is 0.479. The standard InChI is InChI=1S/C26H29FN4O4/c1-2-35-19-5-3-17(4-6-19)15-29-9-11-30(12-10-29)23-13-18-16-31(26(34)20(18)14-21(23)27)22-7-8-24(32)28-25(22)33/h3-6,13-14,22H,2,7-12,15-16H2,1H3,(H,28,32,33). The maximum absolute atomic E-state index is 15.1. The monoisotopic (exact) mass is 480 g/mol. The Morgan fingerprint density at radius 1 is 1.06 bits per heavy atom. The number of rotatable bonds is 6. The second-order valence-electron chi connectivity index (χ2n) is 9.20. The number of nitrogens with one attached hydrogen (secondary N) is 1. The number of hydrogen-bond acceptors (Lipinski definition) is 6. The fraction of sp³-hybridized carbons (Fsp3) is 0.423. The summed E-state index contributed by atoms with van der Waals surface area (Å²) in [5, 5.41) is 2.29. The maximum atomic E-state index is 15.1. The number of ether oxygens (including phenoxy) is 1. The molecule has 2 aromatic carbocycles. The van der Waals surface area contributed by atoms with Gasteiger partial charge in [-0.2, -0.15) is 0 Å². The molecule has 0 bridgehead atoms. The SMILES string of the molecule is CCOc1ccc(CN2CCN(c3cc4c(cc3F)C(=O)N(C3CCC(=O)NC3=O)C4)CC2)cc1. The van der Waals surface area contributed by atoms with Crippen LogP contribution in [0, 0.1) is 5.82 Å². The molecule has 0 aromatic heterocycles. The molecule has 3 heterocycles. The fourth-order valence-corrected chi connectivity index (χ4v) is 5.08. The van der Waals surface area contributed by atoms with Crippen molar-refractivity contribution >= 4 is 23.4 Å². The van der Waals surface area contributed by atoms with Crippen LogP contribution in [-0.4, -0.2) is 66.3 Å². The van der Waals surface area contributed by atoms with Crippen molar-refractivity contribution in [2.24, 2.45) is 0 Å². The number of carbonyl (C=O) groups excluding carboxylic acids is 3. The van der Waals surface area contributed by atoms with Crippen molar-refractivity contribution < 1.29 is 23.5 Å². The molecular formula is C26H29FN4O4. The summed E-state index contributed by atoms with van der Waals surface area (Å²) in [5.41, 5.74) is 2.71. The second kappa shape index (κ2) is 9.65. The Morgan fingerprint density at radius 2 is 1.80 bits per heavy atom. The van der Waals surface area contributed by atoms with Gasteiger partial charge >= 0.3 is 0 Å². The van der Waals surface area contributed by atoms with Gasteiger partial charge in [-0.1, -0.05) is 12.1 Å². The smallest absolute Gasteiger partial charge is 0.255 e. The van der Waals surface area contributed by atoms with Gasteiger partial charge in [-0.25, -0.2) is 4.39 Å². The average molecular weight is 481 g/mol. The largest absolute Gasteiger partial charge is 0.494 e. The van der Waals surface area contributed by atoms with Crippen LogP contribution >= 0.6 is 0 Å². The summed E-state index contributed by atoms with van der Waals surface area (Å²) in [4.78, 5) is 42.4. The first kappa shape index (κ1) is 23.3. The molecule has 35 heavy (non-hydrogen) atoms. The lowest BCUT2D eigenvalue weighted by molar-refractivity contribution is -0.136. The molecule has 0 saturated carbocycles. The summed E-state index contributed by atoms with van der Waals surface area (Å²) in [7, 11) is 0. The zero-order valence-electron chi connectivity index (χ0n) is 19.8. The summed E-state index contributed by atoms with van der Waals surface area (Å²) in [5.74, 6) is -0.720. The molecular weight excluding hydrogens is 451 g/mol. The van der Waals surface area contributed by atoms with Gasteiger partial charge in [0.1, 0.15) is 17.6 Å². The van der Waals surface area contributed by atoms with Crippen molar-refractivity contribution in [2.75, 3.05) is 37.7 Å². The van der Waals surface area contributed by atoms with E-state index in [1.165, 1.54) is 16.5 Å². The molecule has 0 aliphatic carbocycles. The number of amides is 3. The van der Waals surface area contributed by atoms with Crippen LogP contribution in [0.4, 0.5) is 10.1 Å². The summed E-state index contributed by atoms with van der Waals surface area (Å²) >= 11 is 0. The number of benzene rings is 2. The first-order chi connectivity index (χ1) is 16.9. The first-order valence-electron chi connectivity index (χ1n) is 12.1. The molecule has 2 saturated heterocycles. The van der Waals surface area contributed by atoms with E-state index in [1.54, 1.807) is 6.07 Å². The van der Waals surface area contributed by atoms with E-state index in [0.717, 1.165) is 25.4 Å². The molecule has 1 unspecified atom stereocenters. The summed E-state index contributed by atoms with van der Waals surface area (Å²) in [6.45, 7) is 6.62. The van der Waals surface area contributed by atoms with Gasteiger partial charge in [-0.3, -0.25) is 24.6 Å². The summed E-state index contributed by atoms with van der Waals surface area (Å²) in [6, 6.07) is 10.4. The fourth-order valence-electron chi connectivity index (χ4n) is 5.08. The normalized spacial score (nSPS) is 20.7. The first-order valence-corrected chi connectivity index (χ1v) is 12.1. The van der Waals surface area contributed by atoms with Crippen molar-refractivity contribution in [3.63, 3.8) is 0 Å². The highest BCUT2D eigenvalue weighted by Crippen LogP contribution is 2.33. The lowest BCUT2D eigenvalue weighted by Gasteiger charge is -2.36. The van der Waals surface area contributed by atoms with E-state index >= 15 is 4.39 Å². The van der Waals surface area contributed by atoms with Crippen LogP contribution in [0.1, 0.15) is 41.3 Å². The maximum Gasteiger partial charge on any atom is 0.255 e. The highest BCUT2D eigenvalue weighted by atomic mass is 19.1. The lowest BCUT2D eigenvalue weighted by atomic mass is 10.0. The topological polar surface area (TPSA) is 82.2 Å². The molecule has 0 spiro atoms. The number of nitrogens with zero attached hydrogens (tertiary/aromatic N) is 3. The molecule has 8 nitrogen and oxygen atoms in total. The number of hydrogen-bond donors (Lipinski definition) is 1. The van der Waals surface area contributed by atoms with Crippen LogP contribution < -0.4 is 15.0 Å². The van der Waals surface area contributed by atoms with E-state index in [0.29, 0.717) is 36.5 Å². The van der Waals surface area contributed by atoms with E-state index in [-0.39, 0.29) is 31.2 Å². The number of anilines is 1. The van der Waals surface area contributed by atoms with Gasteiger partial charge in [-0.05, 0) is 48.7 Å². The molecule has 2 fully saturated rings. The van der Waals surface area contributed by atoms with Gasteiger partial charge < -0.3 is 14.5 Å². The predicted octanol–water partition coefficient (Wildman–Crippen LogP) is 2.31. The van der Waals surface area contributed by atoms with Crippen LogP contribution in [0.5, 0.6) is 5.75 Å². The number of fused-ring (bicyclic) bond motifs is 1. The van der Waals surface area contributed by atoms with Gasteiger partial charge in [0.05, 0.1) is 12.3 Å². The third-order valence-electron chi connectivity index (χ3n) is 6.94. The minimum Gasteiger partial charge on any atom is -0.494 e. The molecule has 2 aromatic rings. The van der Waals surface area contributed by atoms with E-state index < -0.39 is 17.8 Å². The molecule has 3 amide bonds. The van der Waals surface area contributed by atoms with Gasteiger partial charge in [0, 0.05) is 51.3 Å². The highest BCUT2D eigenvalue weighted by Gasteiger charge is 2.39. The third-order valence-corrected chi connectivity index (χ3v) is 6.94. The van der Waals surface area contributed by atoms with Crippen LogP contribution in [0.2, 0.25) is 0 Å². The van der Waals surface area contributed by atoms with E-state index in [2.05, 4.69) is 22.3 Å². The van der Waals surface area contributed by atoms with E-state index in [1.807, 2.05) is 24.0 Å². The number of imide groups is 1. The summed E-state index contributed by atoms with van der Waals surface area (Å²) < 4.78 is 20.6. The van der Waals surface area contributed by atoms with Crippen LogP contribution in [-0.2, 0) is 22.7 Å². The van der Waals surface area contributed by atoms with Gasteiger partial charge in [-0.15, -0.1) is 0 Å². The number of carbonyl (C=O) groups is 3. The van der Waals surface area contributed by atoms with E-state index in [9.17, 15) is 14.4 Å². The van der Waals surface area contributed by atoms with Crippen molar-refractivity contribution in [1.82, 2.24) is 15.1 Å². The molecule has 184 valence electrons. The molecule has 1 atom stereocenters. The zero-order valence-corrected chi connectivity index (χ0v) is 19.8. The Morgan fingerprint density at radius 3 is 2.49 bits per heavy atom. The Kier molecular flexibility index (Phi) is 6.42. The molecule has 0 radical (unpaired) electrons.